The predicted octanol–water partition coefficient (Wildman–Crippen LogP) is 2.93. The minimum absolute atomic E-state index is 0.0350. The van der Waals surface area contributed by atoms with Crippen LogP contribution in [0.2, 0.25) is 0 Å². The van der Waals surface area contributed by atoms with E-state index < -0.39 is 0 Å². The van der Waals surface area contributed by atoms with E-state index in [1.807, 2.05) is 49.4 Å². The van der Waals surface area contributed by atoms with E-state index in [0.29, 0.717) is 6.54 Å². The minimum Gasteiger partial charge on any atom is -0.355 e. The highest BCUT2D eigenvalue weighted by molar-refractivity contribution is 5.92. The summed E-state index contributed by atoms with van der Waals surface area (Å²) in [6.07, 6.45) is 1.60. The van der Waals surface area contributed by atoms with Crippen molar-refractivity contribution in [2.45, 2.75) is 19.8 Å². The van der Waals surface area contributed by atoms with Crippen molar-refractivity contribution < 1.29 is 9.59 Å². The summed E-state index contributed by atoms with van der Waals surface area (Å²) < 4.78 is 0. The monoisotopic (exact) mass is 325 g/mol. The average molecular weight is 325 g/mol. The fourth-order valence-corrected chi connectivity index (χ4v) is 2.27. The summed E-state index contributed by atoms with van der Waals surface area (Å²) >= 11 is 0. The van der Waals surface area contributed by atoms with Crippen LogP contribution in [0.25, 0.3) is 0 Å². The van der Waals surface area contributed by atoms with E-state index in [9.17, 15) is 9.59 Å². The van der Waals surface area contributed by atoms with Gasteiger partial charge in [0.15, 0.2) is 0 Å². The van der Waals surface area contributed by atoms with Gasteiger partial charge in [-0.05, 0) is 30.0 Å². The molecule has 0 spiro atoms. The fourth-order valence-electron chi connectivity index (χ4n) is 2.27. The van der Waals surface area contributed by atoms with Crippen LogP contribution in [0.1, 0.15) is 24.5 Å². The van der Waals surface area contributed by atoms with Gasteiger partial charge in [-0.1, -0.05) is 55.5 Å². The van der Waals surface area contributed by atoms with Gasteiger partial charge >= 0.3 is 6.03 Å². The standard InChI is InChI=1S/C19H23N3O2/c1-2-12-20-18(23)14-21-19(24)22-17-11-7-6-10-16(17)13-15-8-4-3-5-9-15/h3-11H,2,12-14H2,1H3,(H,20,23)(H2,21,22,24). The number of urea groups is 1. The fraction of sp³-hybridized carbons (Fsp3) is 0.263. The summed E-state index contributed by atoms with van der Waals surface area (Å²) in [6, 6.07) is 17.3. The summed E-state index contributed by atoms with van der Waals surface area (Å²) in [7, 11) is 0. The second kappa shape index (κ2) is 9.35. The van der Waals surface area contributed by atoms with Crippen molar-refractivity contribution >= 4 is 17.6 Å². The van der Waals surface area contributed by atoms with Gasteiger partial charge in [-0.25, -0.2) is 4.79 Å². The summed E-state index contributed by atoms with van der Waals surface area (Å²) in [6.45, 7) is 2.55. The average Bonchev–Trinajstić information content (AvgIpc) is 2.61. The summed E-state index contributed by atoms with van der Waals surface area (Å²) in [5, 5.41) is 8.10. The summed E-state index contributed by atoms with van der Waals surface area (Å²) in [4.78, 5) is 23.5. The lowest BCUT2D eigenvalue weighted by Gasteiger charge is -2.12. The molecule has 0 heterocycles. The van der Waals surface area contributed by atoms with Gasteiger partial charge in [-0.3, -0.25) is 4.79 Å². The number of hydrogen-bond donors (Lipinski definition) is 3. The van der Waals surface area contributed by atoms with E-state index in [1.165, 1.54) is 5.56 Å². The van der Waals surface area contributed by atoms with Crippen molar-refractivity contribution in [1.29, 1.82) is 0 Å². The Kier molecular flexibility index (Phi) is 6.83. The largest absolute Gasteiger partial charge is 0.355 e. The lowest BCUT2D eigenvalue weighted by Crippen LogP contribution is -2.39. The molecule has 0 saturated carbocycles. The normalized spacial score (nSPS) is 10.0. The van der Waals surface area contributed by atoms with Crippen molar-refractivity contribution in [2.75, 3.05) is 18.4 Å². The van der Waals surface area contributed by atoms with E-state index in [2.05, 4.69) is 28.1 Å². The quantitative estimate of drug-likeness (QED) is 0.732. The predicted molar refractivity (Wildman–Crippen MR) is 96.0 cm³/mol. The highest BCUT2D eigenvalue weighted by atomic mass is 16.2. The van der Waals surface area contributed by atoms with E-state index in [-0.39, 0.29) is 18.5 Å². The first kappa shape index (κ1) is 17.5. The van der Waals surface area contributed by atoms with Crippen LogP contribution in [0.3, 0.4) is 0 Å². The van der Waals surface area contributed by atoms with Crippen LogP contribution in [-0.2, 0) is 11.2 Å². The number of amides is 3. The van der Waals surface area contributed by atoms with E-state index in [4.69, 9.17) is 0 Å². The van der Waals surface area contributed by atoms with Gasteiger partial charge in [0, 0.05) is 12.2 Å². The number of hydrogen-bond acceptors (Lipinski definition) is 2. The number of para-hydroxylation sites is 1. The zero-order valence-corrected chi connectivity index (χ0v) is 13.8. The van der Waals surface area contributed by atoms with Crippen molar-refractivity contribution in [3.63, 3.8) is 0 Å². The van der Waals surface area contributed by atoms with Crippen molar-refractivity contribution in [3.05, 3.63) is 65.7 Å². The van der Waals surface area contributed by atoms with E-state index in [1.54, 1.807) is 0 Å². The molecule has 0 aliphatic carbocycles. The first-order valence-electron chi connectivity index (χ1n) is 8.12. The first-order valence-corrected chi connectivity index (χ1v) is 8.12. The van der Waals surface area contributed by atoms with Crippen molar-refractivity contribution in [2.24, 2.45) is 0 Å². The molecule has 0 fully saturated rings. The molecule has 0 saturated heterocycles. The topological polar surface area (TPSA) is 70.2 Å². The van der Waals surface area contributed by atoms with Crippen LogP contribution < -0.4 is 16.0 Å². The highest BCUT2D eigenvalue weighted by Crippen LogP contribution is 2.18. The lowest BCUT2D eigenvalue weighted by atomic mass is 10.0. The number of carbonyl (C=O) groups is 2. The third kappa shape index (κ3) is 5.76. The number of carbonyl (C=O) groups excluding carboxylic acids is 2. The molecular weight excluding hydrogens is 302 g/mol. The number of rotatable bonds is 7. The Morgan fingerprint density at radius 1 is 0.917 bits per heavy atom. The van der Waals surface area contributed by atoms with E-state index in [0.717, 1.165) is 24.1 Å². The Morgan fingerprint density at radius 2 is 1.62 bits per heavy atom. The Hall–Kier alpha value is -2.82. The molecule has 0 aliphatic heterocycles. The molecule has 126 valence electrons. The van der Waals surface area contributed by atoms with Crippen LogP contribution >= 0.6 is 0 Å². The Labute approximate surface area is 142 Å². The third-order valence-electron chi connectivity index (χ3n) is 3.48. The molecule has 0 bridgehead atoms. The van der Waals surface area contributed by atoms with Gasteiger partial charge in [-0.15, -0.1) is 0 Å². The van der Waals surface area contributed by atoms with Gasteiger partial charge in [-0.2, -0.15) is 0 Å². The zero-order valence-electron chi connectivity index (χ0n) is 13.8. The molecule has 5 heteroatoms. The van der Waals surface area contributed by atoms with Crippen LogP contribution in [-0.4, -0.2) is 25.0 Å². The molecule has 3 N–H and O–H groups in total. The third-order valence-corrected chi connectivity index (χ3v) is 3.48. The van der Waals surface area contributed by atoms with Crippen LogP contribution in [0.15, 0.2) is 54.6 Å². The second-order valence-corrected chi connectivity index (χ2v) is 5.48. The molecular formula is C19H23N3O2. The molecule has 5 nitrogen and oxygen atoms in total. The molecule has 24 heavy (non-hydrogen) atoms. The SMILES string of the molecule is CCCNC(=O)CNC(=O)Nc1ccccc1Cc1ccccc1. The Bertz CT molecular complexity index is 671. The van der Waals surface area contributed by atoms with Crippen molar-refractivity contribution in [1.82, 2.24) is 10.6 Å². The molecule has 0 aromatic heterocycles. The maximum Gasteiger partial charge on any atom is 0.319 e. The number of nitrogens with one attached hydrogen (secondary N) is 3. The molecule has 2 aromatic rings. The highest BCUT2D eigenvalue weighted by Gasteiger charge is 2.08. The van der Waals surface area contributed by atoms with Crippen LogP contribution in [0, 0.1) is 0 Å². The molecule has 0 atom stereocenters. The van der Waals surface area contributed by atoms with Crippen LogP contribution in [0.5, 0.6) is 0 Å². The van der Waals surface area contributed by atoms with Crippen LogP contribution in [0.4, 0.5) is 10.5 Å². The lowest BCUT2D eigenvalue weighted by molar-refractivity contribution is -0.120. The van der Waals surface area contributed by atoms with Gasteiger partial charge in [0.2, 0.25) is 5.91 Å². The Balaban J connectivity index is 1.92. The molecule has 2 rings (SSSR count). The molecule has 0 aliphatic rings. The maximum atomic E-state index is 12.0. The summed E-state index contributed by atoms with van der Waals surface area (Å²) in [5.74, 6) is -0.190. The first-order chi connectivity index (χ1) is 11.7. The molecule has 3 amide bonds. The van der Waals surface area contributed by atoms with Gasteiger partial charge in [0.1, 0.15) is 0 Å². The van der Waals surface area contributed by atoms with Gasteiger partial charge < -0.3 is 16.0 Å². The number of benzene rings is 2. The smallest absolute Gasteiger partial charge is 0.319 e. The summed E-state index contributed by atoms with van der Waals surface area (Å²) in [5.41, 5.74) is 2.94. The molecule has 0 unspecified atom stereocenters. The molecule has 0 radical (unpaired) electrons. The minimum atomic E-state index is -0.387. The molecule has 2 aromatic carbocycles. The Morgan fingerprint density at radius 3 is 2.38 bits per heavy atom. The second-order valence-electron chi connectivity index (χ2n) is 5.48. The van der Waals surface area contributed by atoms with Crippen molar-refractivity contribution in [3.8, 4) is 0 Å². The van der Waals surface area contributed by atoms with Gasteiger partial charge in [0.05, 0.1) is 6.54 Å². The maximum absolute atomic E-state index is 12.0. The zero-order chi connectivity index (χ0) is 17.2. The van der Waals surface area contributed by atoms with Gasteiger partial charge in [0.25, 0.3) is 0 Å². The van der Waals surface area contributed by atoms with E-state index >= 15 is 0 Å². The number of anilines is 1.